The molecule has 1 N–H and O–H groups in total. The lowest BCUT2D eigenvalue weighted by atomic mass is 10.1. The zero-order valence-electron chi connectivity index (χ0n) is 15.5. The third-order valence-electron chi connectivity index (χ3n) is 4.64. The number of benzene rings is 4. The number of nitrogens with one attached hydrogen (secondary N) is 1. The van der Waals surface area contributed by atoms with Gasteiger partial charge < -0.3 is 10.1 Å². The number of anilines is 1. The third-order valence-corrected chi connectivity index (χ3v) is 4.64. The fourth-order valence-electron chi connectivity index (χ4n) is 3.19. The Morgan fingerprint density at radius 3 is 2.43 bits per heavy atom. The van der Waals surface area contributed by atoms with E-state index in [-0.39, 0.29) is 5.91 Å². The van der Waals surface area contributed by atoms with Crippen LogP contribution in [-0.2, 0) is 6.42 Å². The predicted molar refractivity (Wildman–Crippen MR) is 114 cm³/mol. The molecule has 0 heterocycles. The summed E-state index contributed by atoms with van der Waals surface area (Å²) in [5.74, 6) is 0.548. The van der Waals surface area contributed by atoms with Crippen LogP contribution < -0.4 is 10.1 Å². The molecule has 0 radical (unpaired) electrons. The first-order chi connectivity index (χ1) is 13.8. The summed E-state index contributed by atoms with van der Waals surface area (Å²) in [5, 5.41) is 5.13. The Bertz CT molecular complexity index is 1080. The average molecular weight is 367 g/mol. The van der Waals surface area contributed by atoms with Crippen LogP contribution in [0.3, 0.4) is 0 Å². The highest BCUT2D eigenvalue weighted by molar-refractivity contribution is 6.09. The molecule has 0 aliphatic carbocycles. The van der Waals surface area contributed by atoms with Gasteiger partial charge in [-0.05, 0) is 35.2 Å². The van der Waals surface area contributed by atoms with Crippen LogP contribution >= 0.6 is 0 Å². The van der Waals surface area contributed by atoms with E-state index in [1.165, 1.54) is 5.56 Å². The molecule has 0 saturated heterocycles. The van der Waals surface area contributed by atoms with Crippen molar-refractivity contribution in [1.82, 2.24) is 0 Å². The zero-order valence-corrected chi connectivity index (χ0v) is 15.5. The molecular weight excluding hydrogens is 346 g/mol. The summed E-state index contributed by atoms with van der Waals surface area (Å²) < 4.78 is 5.84. The number of carbonyl (C=O) groups is 1. The van der Waals surface area contributed by atoms with Gasteiger partial charge in [0.1, 0.15) is 5.75 Å². The zero-order chi connectivity index (χ0) is 19.2. The fourth-order valence-corrected chi connectivity index (χ4v) is 3.19. The first-order valence-corrected chi connectivity index (χ1v) is 9.35. The van der Waals surface area contributed by atoms with Gasteiger partial charge in [0.15, 0.2) is 0 Å². The van der Waals surface area contributed by atoms with E-state index in [1.807, 2.05) is 72.8 Å². The Balaban J connectivity index is 1.44. The molecule has 4 aromatic rings. The third kappa shape index (κ3) is 4.21. The maximum absolute atomic E-state index is 12.7. The number of hydrogen-bond donors (Lipinski definition) is 1. The van der Waals surface area contributed by atoms with Crippen LogP contribution in [0.2, 0.25) is 0 Å². The number of ether oxygens (including phenoxy) is 1. The second-order valence-corrected chi connectivity index (χ2v) is 6.59. The van der Waals surface area contributed by atoms with Crippen molar-refractivity contribution in [3.63, 3.8) is 0 Å². The van der Waals surface area contributed by atoms with Crippen molar-refractivity contribution in [2.75, 3.05) is 11.9 Å². The van der Waals surface area contributed by atoms with Gasteiger partial charge in [0.2, 0.25) is 0 Å². The van der Waals surface area contributed by atoms with Crippen LogP contribution in [-0.4, -0.2) is 12.5 Å². The van der Waals surface area contributed by atoms with Crippen molar-refractivity contribution in [1.29, 1.82) is 0 Å². The van der Waals surface area contributed by atoms with Gasteiger partial charge >= 0.3 is 0 Å². The molecule has 0 unspecified atom stereocenters. The summed E-state index contributed by atoms with van der Waals surface area (Å²) in [4.78, 5) is 12.7. The van der Waals surface area contributed by atoms with Gasteiger partial charge in [-0.3, -0.25) is 4.79 Å². The molecule has 0 saturated carbocycles. The number of rotatable bonds is 6. The van der Waals surface area contributed by atoms with Crippen molar-refractivity contribution >= 4 is 22.4 Å². The number of hydrogen-bond acceptors (Lipinski definition) is 2. The van der Waals surface area contributed by atoms with Gasteiger partial charge in [0.25, 0.3) is 5.91 Å². The smallest absolute Gasteiger partial charge is 0.255 e. The highest BCUT2D eigenvalue weighted by atomic mass is 16.5. The van der Waals surface area contributed by atoms with E-state index >= 15 is 0 Å². The summed E-state index contributed by atoms with van der Waals surface area (Å²) in [7, 11) is 0. The fraction of sp³-hybridized carbons (Fsp3) is 0.0800. The summed E-state index contributed by atoms with van der Waals surface area (Å²) in [6.45, 7) is 0.568. The second-order valence-electron chi connectivity index (χ2n) is 6.59. The molecule has 4 aromatic carbocycles. The van der Waals surface area contributed by atoms with Gasteiger partial charge in [0, 0.05) is 23.1 Å². The van der Waals surface area contributed by atoms with Crippen LogP contribution in [0.4, 0.5) is 5.69 Å². The molecule has 3 heteroatoms. The Morgan fingerprint density at radius 1 is 0.786 bits per heavy atom. The van der Waals surface area contributed by atoms with Crippen LogP contribution in [0.1, 0.15) is 15.9 Å². The summed E-state index contributed by atoms with van der Waals surface area (Å²) in [6.07, 6.45) is 0.827. The van der Waals surface area contributed by atoms with E-state index < -0.39 is 0 Å². The summed E-state index contributed by atoms with van der Waals surface area (Å²) in [5.41, 5.74) is 2.61. The highest BCUT2D eigenvalue weighted by Crippen LogP contribution is 2.24. The van der Waals surface area contributed by atoms with E-state index in [4.69, 9.17) is 4.74 Å². The highest BCUT2D eigenvalue weighted by Gasteiger charge is 2.09. The van der Waals surface area contributed by atoms with Crippen LogP contribution in [0.25, 0.3) is 10.8 Å². The quantitative estimate of drug-likeness (QED) is 0.474. The lowest BCUT2D eigenvalue weighted by Crippen LogP contribution is -2.12. The maximum atomic E-state index is 12.7. The van der Waals surface area contributed by atoms with Crippen LogP contribution in [0, 0.1) is 0 Å². The molecular formula is C25H21NO2. The van der Waals surface area contributed by atoms with Crippen molar-refractivity contribution < 1.29 is 9.53 Å². The first kappa shape index (κ1) is 17.8. The van der Waals surface area contributed by atoms with Crippen LogP contribution in [0.15, 0.2) is 97.1 Å². The van der Waals surface area contributed by atoms with E-state index in [9.17, 15) is 4.79 Å². The molecule has 1 amide bonds. The molecule has 0 spiro atoms. The molecule has 0 fully saturated rings. The van der Waals surface area contributed by atoms with E-state index in [0.29, 0.717) is 17.9 Å². The van der Waals surface area contributed by atoms with Gasteiger partial charge in [-0.1, -0.05) is 72.8 Å². The number of carbonyl (C=O) groups excluding carboxylic acids is 1. The monoisotopic (exact) mass is 367 g/mol. The number of amides is 1. The SMILES string of the molecule is O=C(Nc1cccc2ccccc12)c1cccc(OCCc2ccccc2)c1. The first-order valence-electron chi connectivity index (χ1n) is 9.35. The van der Waals surface area contributed by atoms with Gasteiger partial charge in [0.05, 0.1) is 6.61 Å². The van der Waals surface area contributed by atoms with Gasteiger partial charge in [-0.2, -0.15) is 0 Å². The van der Waals surface area contributed by atoms with Crippen molar-refractivity contribution in [3.05, 3.63) is 108 Å². The van der Waals surface area contributed by atoms with Crippen molar-refractivity contribution in [3.8, 4) is 5.75 Å². The van der Waals surface area contributed by atoms with E-state index in [2.05, 4.69) is 17.4 Å². The molecule has 0 aliphatic heterocycles. The molecule has 0 aliphatic rings. The molecule has 3 nitrogen and oxygen atoms in total. The summed E-state index contributed by atoms with van der Waals surface area (Å²) in [6, 6.07) is 31.4. The van der Waals surface area contributed by atoms with Gasteiger partial charge in [-0.25, -0.2) is 0 Å². The molecule has 0 atom stereocenters. The number of fused-ring (bicyclic) bond motifs is 1. The average Bonchev–Trinajstić information content (AvgIpc) is 2.75. The minimum atomic E-state index is -0.148. The Labute approximate surface area is 164 Å². The molecule has 4 rings (SSSR count). The molecule has 0 bridgehead atoms. The van der Waals surface area contributed by atoms with Crippen molar-refractivity contribution in [2.45, 2.75) is 6.42 Å². The van der Waals surface area contributed by atoms with E-state index in [1.54, 1.807) is 12.1 Å². The molecule has 28 heavy (non-hydrogen) atoms. The minimum absolute atomic E-state index is 0.148. The van der Waals surface area contributed by atoms with Crippen LogP contribution in [0.5, 0.6) is 5.75 Å². The van der Waals surface area contributed by atoms with Crippen molar-refractivity contribution in [2.24, 2.45) is 0 Å². The van der Waals surface area contributed by atoms with Gasteiger partial charge in [-0.15, -0.1) is 0 Å². The second kappa shape index (κ2) is 8.40. The summed E-state index contributed by atoms with van der Waals surface area (Å²) >= 11 is 0. The lowest BCUT2D eigenvalue weighted by Gasteiger charge is -2.10. The standard InChI is InChI=1S/C25H21NO2/c27-25(26-24-15-7-11-20-10-4-5-14-23(20)24)21-12-6-13-22(18-21)28-17-16-19-8-2-1-3-9-19/h1-15,18H,16-17H2,(H,26,27). The predicted octanol–water partition coefficient (Wildman–Crippen LogP) is 5.71. The molecule has 138 valence electrons. The maximum Gasteiger partial charge on any atom is 0.255 e. The minimum Gasteiger partial charge on any atom is -0.493 e. The normalized spacial score (nSPS) is 10.6. The lowest BCUT2D eigenvalue weighted by molar-refractivity contribution is 0.102. The Hall–Kier alpha value is -3.59. The largest absolute Gasteiger partial charge is 0.493 e. The Kier molecular flexibility index (Phi) is 5.34. The van der Waals surface area contributed by atoms with E-state index in [0.717, 1.165) is 22.9 Å². The topological polar surface area (TPSA) is 38.3 Å². The molecule has 0 aromatic heterocycles. The Morgan fingerprint density at radius 2 is 1.54 bits per heavy atom.